The minimum absolute atomic E-state index is 0.210. The molecule has 2 aromatic rings. The summed E-state index contributed by atoms with van der Waals surface area (Å²) >= 11 is 0. The Kier molecular flexibility index (Phi) is 4.98. The second-order valence-electron chi connectivity index (χ2n) is 4.35. The minimum Gasteiger partial charge on any atom is -0.364 e. The Morgan fingerprint density at radius 3 is 2.76 bits per heavy atom. The van der Waals surface area contributed by atoms with Crippen LogP contribution in [0.2, 0.25) is 0 Å². The molecule has 2 aromatic heterocycles. The van der Waals surface area contributed by atoms with Crippen LogP contribution < -0.4 is 11.1 Å². The molecule has 0 aliphatic carbocycles. The molecule has 21 heavy (non-hydrogen) atoms. The Labute approximate surface area is 122 Å². The van der Waals surface area contributed by atoms with Crippen LogP contribution in [0.4, 0.5) is 0 Å². The van der Waals surface area contributed by atoms with Crippen LogP contribution in [0.3, 0.4) is 0 Å². The number of pyridine rings is 2. The van der Waals surface area contributed by atoms with Crippen LogP contribution in [0.15, 0.2) is 42.7 Å². The summed E-state index contributed by atoms with van der Waals surface area (Å²) in [7, 11) is 0. The zero-order valence-corrected chi connectivity index (χ0v) is 11.3. The average molecular weight is 283 g/mol. The molecule has 0 aromatic carbocycles. The van der Waals surface area contributed by atoms with Crippen molar-refractivity contribution in [1.29, 1.82) is 0 Å². The number of nitrogens with one attached hydrogen (secondary N) is 1. The molecule has 1 radical (unpaired) electrons. The first kappa shape index (κ1) is 14.6. The summed E-state index contributed by atoms with van der Waals surface area (Å²) < 4.78 is 0. The number of carbonyl (C=O) groups excluding carboxylic acids is 2. The molecular weight excluding hydrogens is 268 g/mol. The Morgan fingerprint density at radius 2 is 2.05 bits per heavy atom. The molecule has 0 saturated carbocycles. The van der Waals surface area contributed by atoms with Gasteiger partial charge in [-0.1, -0.05) is 6.07 Å². The molecule has 107 valence electrons. The molecule has 2 heterocycles. The summed E-state index contributed by atoms with van der Waals surface area (Å²) in [5.74, 6) is -0.776. The van der Waals surface area contributed by atoms with Crippen molar-refractivity contribution in [2.75, 3.05) is 6.54 Å². The summed E-state index contributed by atoms with van der Waals surface area (Å²) in [4.78, 5) is 30.6. The van der Waals surface area contributed by atoms with Gasteiger partial charge in [0.2, 0.25) is 5.91 Å². The monoisotopic (exact) mass is 283 g/mol. The maximum absolute atomic E-state index is 11.7. The van der Waals surface area contributed by atoms with Crippen molar-refractivity contribution in [2.45, 2.75) is 6.42 Å². The Hall–Kier alpha value is -2.76. The molecular formula is C15H15N4O2. The van der Waals surface area contributed by atoms with Gasteiger partial charge in [-0.15, -0.1) is 0 Å². The highest BCUT2D eigenvalue weighted by molar-refractivity contribution is 5.90. The van der Waals surface area contributed by atoms with E-state index >= 15 is 0 Å². The lowest BCUT2D eigenvalue weighted by Gasteiger charge is -2.05. The van der Waals surface area contributed by atoms with E-state index in [-0.39, 0.29) is 11.6 Å². The molecule has 0 fully saturated rings. The van der Waals surface area contributed by atoms with Crippen LogP contribution in [-0.4, -0.2) is 28.3 Å². The predicted octanol–water partition coefficient (Wildman–Crippen LogP) is 0.487. The number of carbonyl (C=O) groups is 2. The maximum atomic E-state index is 11.7. The van der Waals surface area contributed by atoms with Gasteiger partial charge in [-0.2, -0.15) is 0 Å². The molecule has 0 saturated heterocycles. The van der Waals surface area contributed by atoms with Crippen molar-refractivity contribution in [3.05, 3.63) is 66.1 Å². The van der Waals surface area contributed by atoms with Crippen LogP contribution in [0.25, 0.3) is 0 Å². The van der Waals surface area contributed by atoms with E-state index in [1.807, 2.05) is 6.07 Å². The fourth-order valence-electron chi connectivity index (χ4n) is 1.74. The van der Waals surface area contributed by atoms with Crippen LogP contribution in [0.5, 0.6) is 0 Å². The number of nitrogens with zero attached hydrogens (tertiary/aromatic N) is 2. The normalized spacial score (nSPS) is 10.1. The van der Waals surface area contributed by atoms with Crippen LogP contribution in [-0.2, 0) is 11.2 Å². The van der Waals surface area contributed by atoms with Gasteiger partial charge in [0.1, 0.15) is 5.69 Å². The van der Waals surface area contributed by atoms with E-state index in [1.54, 1.807) is 30.5 Å². The van der Waals surface area contributed by atoms with Gasteiger partial charge < -0.3 is 11.1 Å². The van der Waals surface area contributed by atoms with Crippen LogP contribution >= 0.6 is 0 Å². The van der Waals surface area contributed by atoms with Gasteiger partial charge in [0.25, 0.3) is 5.91 Å². The Bertz CT molecular complexity index is 629. The second kappa shape index (κ2) is 7.14. The Balaban J connectivity index is 1.80. The first-order valence-electron chi connectivity index (χ1n) is 6.43. The highest BCUT2D eigenvalue weighted by Crippen LogP contribution is 2.02. The van der Waals surface area contributed by atoms with Crippen molar-refractivity contribution in [2.24, 2.45) is 5.73 Å². The molecule has 0 atom stereocenters. The van der Waals surface area contributed by atoms with E-state index in [0.717, 1.165) is 5.56 Å². The first-order chi connectivity index (χ1) is 10.1. The SMILES string of the molecule is NC(=O)c1cc(CCNC(=O)[CH]c2ccccn2)ccn1. The van der Waals surface area contributed by atoms with E-state index in [1.165, 1.54) is 12.6 Å². The Morgan fingerprint density at radius 1 is 1.19 bits per heavy atom. The van der Waals surface area contributed by atoms with Gasteiger partial charge in [-0.3, -0.25) is 19.6 Å². The summed E-state index contributed by atoms with van der Waals surface area (Å²) in [5, 5.41) is 2.76. The molecule has 3 N–H and O–H groups in total. The van der Waals surface area contributed by atoms with Gasteiger partial charge in [-0.05, 0) is 36.2 Å². The molecule has 2 amide bonds. The quantitative estimate of drug-likeness (QED) is 0.806. The number of hydrogen-bond donors (Lipinski definition) is 2. The largest absolute Gasteiger partial charge is 0.364 e. The third-order valence-electron chi connectivity index (χ3n) is 2.76. The third kappa shape index (κ3) is 4.68. The second-order valence-corrected chi connectivity index (χ2v) is 4.35. The van der Waals surface area contributed by atoms with Gasteiger partial charge in [0, 0.05) is 18.9 Å². The lowest BCUT2D eigenvalue weighted by atomic mass is 10.1. The smallest absolute Gasteiger partial charge is 0.267 e. The predicted molar refractivity (Wildman–Crippen MR) is 77.1 cm³/mol. The third-order valence-corrected chi connectivity index (χ3v) is 2.76. The molecule has 0 bridgehead atoms. The van der Waals surface area contributed by atoms with Gasteiger partial charge in [0.15, 0.2) is 0 Å². The van der Waals surface area contributed by atoms with Crippen molar-refractivity contribution >= 4 is 11.8 Å². The molecule has 0 aliphatic heterocycles. The zero-order chi connectivity index (χ0) is 15.1. The van der Waals surface area contributed by atoms with E-state index in [4.69, 9.17) is 5.73 Å². The van der Waals surface area contributed by atoms with Crippen molar-refractivity contribution < 1.29 is 9.59 Å². The number of rotatable bonds is 6. The van der Waals surface area contributed by atoms with Crippen molar-refractivity contribution in [3.8, 4) is 0 Å². The standard InChI is InChI=1S/C15H15N4O2/c16-15(21)13-9-11(4-7-18-13)5-8-19-14(20)10-12-3-1-2-6-17-12/h1-4,6-7,9-10H,5,8H2,(H2,16,21)(H,19,20). The van der Waals surface area contributed by atoms with E-state index in [0.29, 0.717) is 18.7 Å². The summed E-state index contributed by atoms with van der Waals surface area (Å²) in [6, 6.07) is 8.75. The maximum Gasteiger partial charge on any atom is 0.267 e. The molecule has 0 unspecified atom stereocenters. The summed E-state index contributed by atoms with van der Waals surface area (Å²) in [6.07, 6.45) is 5.17. The number of nitrogens with two attached hydrogens (primary N) is 1. The minimum atomic E-state index is -0.565. The van der Waals surface area contributed by atoms with Crippen molar-refractivity contribution in [1.82, 2.24) is 15.3 Å². The van der Waals surface area contributed by atoms with Gasteiger partial charge >= 0.3 is 0 Å². The summed E-state index contributed by atoms with van der Waals surface area (Å²) in [6.45, 7) is 0.449. The average Bonchev–Trinajstić information content (AvgIpc) is 2.48. The summed E-state index contributed by atoms with van der Waals surface area (Å²) in [5.41, 5.74) is 6.88. The molecule has 6 heteroatoms. The van der Waals surface area contributed by atoms with Crippen molar-refractivity contribution in [3.63, 3.8) is 0 Å². The van der Waals surface area contributed by atoms with E-state index in [9.17, 15) is 9.59 Å². The fraction of sp³-hybridized carbons (Fsp3) is 0.133. The van der Waals surface area contributed by atoms with Crippen LogP contribution in [0.1, 0.15) is 21.7 Å². The van der Waals surface area contributed by atoms with E-state index in [2.05, 4.69) is 15.3 Å². The highest BCUT2D eigenvalue weighted by atomic mass is 16.2. The number of primary amides is 1. The first-order valence-corrected chi connectivity index (χ1v) is 6.43. The molecule has 6 nitrogen and oxygen atoms in total. The lowest BCUT2D eigenvalue weighted by Crippen LogP contribution is -2.26. The zero-order valence-electron chi connectivity index (χ0n) is 11.3. The molecule has 2 rings (SSSR count). The fourth-order valence-corrected chi connectivity index (χ4v) is 1.74. The number of amides is 2. The highest BCUT2D eigenvalue weighted by Gasteiger charge is 2.06. The lowest BCUT2D eigenvalue weighted by molar-refractivity contribution is -0.117. The number of aromatic nitrogens is 2. The van der Waals surface area contributed by atoms with Gasteiger partial charge in [0.05, 0.1) is 12.1 Å². The molecule has 0 spiro atoms. The topological polar surface area (TPSA) is 98.0 Å². The van der Waals surface area contributed by atoms with E-state index < -0.39 is 5.91 Å². The van der Waals surface area contributed by atoms with Gasteiger partial charge in [-0.25, -0.2) is 0 Å². The molecule has 0 aliphatic rings. The van der Waals surface area contributed by atoms with Crippen LogP contribution in [0, 0.1) is 6.42 Å². The number of hydrogen-bond acceptors (Lipinski definition) is 4.